The quantitative estimate of drug-likeness (QED) is 0.735. The minimum Gasteiger partial charge on any atom is -0.496 e. The maximum Gasteiger partial charge on any atom is 0.199 e. The highest BCUT2D eigenvalue weighted by molar-refractivity contribution is 6.10. The summed E-state index contributed by atoms with van der Waals surface area (Å²) >= 11 is 0. The Kier molecular flexibility index (Phi) is 5.09. The molecule has 0 fully saturated rings. The van der Waals surface area contributed by atoms with E-state index >= 15 is 0 Å². The number of benzene rings is 2. The van der Waals surface area contributed by atoms with Crippen molar-refractivity contribution < 1.29 is 13.9 Å². The van der Waals surface area contributed by atoms with Gasteiger partial charge in [0.25, 0.3) is 0 Å². The highest BCUT2D eigenvalue weighted by Gasteiger charge is 2.18. The van der Waals surface area contributed by atoms with Gasteiger partial charge in [-0.1, -0.05) is 43.7 Å². The fourth-order valence-electron chi connectivity index (χ4n) is 2.24. The summed E-state index contributed by atoms with van der Waals surface area (Å²) in [4.78, 5) is 12.5. The van der Waals surface area contributed by atoms with Crippen LogP contribution in [0.1, 0.15) is 41.3 Å². The van der Waals surface area contributed by atoms with Crippen molar-refractivity contribution >= 4 is 5.78 Å². The highest BCUT2D eigenvalue weighted by atomic mass is 19.1. The van der Waals surface area contributed by atoms with Crippen LogP contribution >= 0.6 is 0 Å². The Hall–Kier alpha value is -2.16. The van der Waals surface area contributed by atoms with Gasteiger partial charge < -0.3 is 4.74 Å². The average Bonchev–Trinajstić information content (AvgIpc) is 2.52. The van der Waals surface area contributed by atoms with Gasteiger partial charge in [0.15, 0.2) is 5.78 Å². The van der Waals surface area contributed by atoms with Crippen LogP contribution in [0.3, 0.4) is 0 Å². The van der Waals surface area contributed by atoms with Crippen LogP contribution in [0.5, 0.6) is 5.75 Å². The van der Waals surface area contributed by atoms with Crippen molar-refractivity contribution in [3.63, 3.8) is 0 Å². The molecular weight excluding hydrogens is 267 g/mol. The molecule has 0 atom stereocenters. The molecule has 0 N–H and O–H groups in total. The number of hydrogen-bond acceptors (Lipinski definition) is 2. The van der Waals surface area contributed by atoms with Crippen LogP contribution in [0.15, 0.2) is 42.5 Å². The molecule has 110 valence electrons. The number of methoxy groups -OCH3 is 1. The van der Waals surface area contributed by atoms with Crippen molar-refractivity contribution in [1.82, 2.24) is 0 Å². The lowest BCUT2D eigenvalue weighted by molar-refractivity contribution is 0.103. The molecule has 0 aliphatic carbocycles. The van der Waals surface area contributed by atoms with E-state index in [1.165, 1.54) is 24.8 Å². The minimum absolute atomic E-state index is 0.0127. The lowest BCUT2D eigenvalue weighted by Crippen LogP contribution is -2.07. The van der Waals surface area contributed by atoms with E-state index in [4.69, 9.17) is 4.74 Å². The molecule has 3 heteroatoms. The van der Waals surface area contributed by atoms with Crippen molar-refractivity contribution in [3.05, 3.63) is 65.0 Å². The number of rotatable bonds is 6. The van der Waals surface area contributed by atoms with E-state index in [1.807, 2.05) is 12.1 Å². The summed E-state index contributed by atoms with van der Waals surface area (Å²) < 4.78 is 19.0. The van der Waals surface area contributed by atoms with Gasteiger partial charge in [0.05, 0.1) is 7.11 Å². The Morgan fingerprint density at radius 2 is 1.86 bits per heavy atom. The summed E-state index contributed by atoms with van der Waals surface area (Å²) in [5.41, 5.74) is 1.65. The molecule has 0 spiro atoms. The predicted molar refractivity (Wildman–Crippen MR) is 81.4 cm³/mol. The summed E-state index contributed by atoms with van der Waals surface area (Å²) in [5.74, 6) is -0.656. The summed E-state index contributed by atoms with van der Waals surface area (Å²) in [5, 5.41) is 0. The van der Waals surface area contributed by atoms with Gasteiger partial charge >= 0.3 is 0 Å². The van der Waals surface area contributed by atoms with Crippen molar-refractivity contribution in [3.8, 4) is 5.75 Å². The van der Waals surface area contributed by atoms with Gasteiger partial charge in [-0.3, -0.25) is 4.79 Å². The van der Waals surface area contributed by atoms with Crippen LogP contribution in [-0.4, -0.2) is 12.9 Å². The smallest absolute Gasteiger partial charge is 0.199 e. The molecule has 0 amide bonds. The minimum atomic E-state index is -0.561. The second-order valence-electron chi connectivity index (χ2n) is 4.95. The number of ketones is 1. The number of ether oxygens (including phenoxy) is 1. The van der Waals surface area contributed by atoms with Crippen LogP contribution in [0.2, 0.25) is 0 Å². The van der Waals surface area contributed by atoms with Crippen molar-refractivity contribution in [2.24, 2.45) is 0 Å². The maximum atomic E-state index is 13.9. The fourth-order valence-corrected chi connectivity index (χ4v) is 2.24. The maximum absolute atomic E-state index is 13.9. The van der Waals surface area contributed by atoms with Crippen molar-refractivity contribution in [2.75, 3.05) is 7.11 Å². The van der Waals surface area contributed by atoms with Gasteiger partial charge in [0, 0.05) is 5.56 Å². The fraction of sp³-hybridized carbons (Fsp3) is 0.278. The molecule has 0 unspecified atom stereocenters. The first kappa shape index (κ1) is 15.2. The van der Waals surface area contributed by atoms with Crippen LogP contribution in [0, 0.1) is 5.82 Å². The van der Waals surface area contributed by atoms with Crippen LogP contribution in [0.4, 0.5) is 4.39 Å². The molecule has 0 bridgehead atoms. The summed E-state index contributed by atoms with van der Waals surface area (Å²) in [6.45, 7) is 2.14. The number of carbonyl (C=O) groups excluding carboxylic acids is 1. The normalized spacial score (nSPS) is 10.4. The predicted octanol–water partition coefficient (Wildman–Crippen LogP) is 4.41. The summed E-state index contributed by atoms with van der Waals surface area (Å²) in [7, 11) is 1.43. The lowest BCUT2D eigenvalue weighted by atomic mass is 9.99. The monoisotopic (exact) mass is 286 g/mol. The molecule has 21 heavy (non-hydrogen) atoms. The molecule has 2 rings (SSSR count). The third-order valence-electron chi connectivity index (χ3n) is 3.46. The molecule has 0 heterocycles. The van der Waals surface area contributed by atoms with E-state index in [-0.39, 0.29) is 17.1 Å². The standard InChI is InChI=1S/C18H19FO2/c1-3-4-6-13-9-11-14(12-10-13)18(20)17-15(19)7-5-8-16(17)21-2/h5,7-12H,3-4,6H2,1-2H3. The first-order chi connectivity index (χ1) is 10.2. The van der Waals surface area contributed by atoms with Crippen molar-refractivity contribution in [2.45, 2.75) is 26.2 Å². The van der Waals surface area contributed by atoms with Gasteiger partial charge in [-0.2, -0.15) is 0 Å². The largest absolute Gasteiger partial charge is 0.496 e. The summed E-state index contributed by atoms with van der Waals surface area (Å²) in [6, 6.07) is 11.7. The average molecular weight is 286 g/mol. The molecule has 0 aliphatic heterocycles. The Bertz CT molecular complexity index is 618. The molecule has 0 saturated carbocycles. The number of halogens is 1. The molecule has 0 aromatic heterocycles. The zero-order valence-corrected chi connectivity index (χ0v) is 12.4. The van der Waals surface area contributed by atoms with Gasteiger partial charge in [0.2, 0.25) is 0 Å². The first-order valence-electron chi connectivity index (χ1n) is 7.13. The zero-order valence-electron chi connectivity index (χ0n) is 12.4. The van der Waals surface area contributed by atoms with E-state index < -0.39 is 5.82 Å². The SMILES string of the molecule is CCCCc1ccc(C(=O)c2c(F)cccc2OC)cc1. The van der Waals surface area contributed by atoms with Crippen LogP contribution in [0.25, 0.3) is 0 Å². The number of carbonyl (C=O) groups is 1. The van der Waals surface area contributed by atoms with Gasteiger partial charge in [-0.15, -0.1) is 0 Å². The van der Waals surface area contributed by atoms with Gasteiger partial charge in [-0.05, 0) is 30.5 Å². The molecule has 0 saturated heterocycles. The van der Waals surface area contributed by atoms with E-state index in [1.54, 1.807) is 18.2 Å². The summed E-state index contributed by atoms with van der Waals surface area (Å²) in [6.07, 6.45) is 3.25. The van der Waals surface area contributed by atoms with Crippen molar-refractivity contribution in [1.29, 1.82) is 0 Å². The third-order valence-corrected chi connectivity index (χ3v) is 3.46. The van der Waals surface area contributed by atoms with E-state index in [0.717, 1.165) is 19.3 Å². The number of unbranched alkanes of at least 4 members (excludes halogenated alkanes) is 1. The second kappa shape index (κ2) is 7.02. The zero-order chi connectivity index (χ0) is 15.2. The van der Waals surface area contributed by atoms with Gasteiger partial charge in [0.1, 0.15) is 17.1 Å². The number of hydrogen-bond donors (Lipinski definition) is 0. The van der Waals surface area contributed by atoms with Crippen LogP contribution in [-0.2, 0) is 6.42 Å². The Labute approximate surface area is 124 Å². The topological polar surface area (TPSA) is 26.3 Å². The number of aryl methyl sites for hydroxylation is 1. The third kappa shape index (κ3) is 3.48. The molecule has 2 aromatic carbocycles. The second-order valence-corrected chi connectivity index (χ2v) is 4.95. The van der Waals surface area contributed by atoms with Gasteiger partial charge in [-0.25, -0.2) is 4.39 Å². The Balaban J connectivity index is 2.28. The molecule has 0 radical (unpaired) electrons. The van der Waals surface area contributed by atoms with Crippen LogP contribution < -0.4 is 4.74 Å². The molecule has 2 aromatic rings. The highest BCUT2D eigenvalue weighted by Crippen LogP contribution is 2.24. The van der Waals surface area contributed by atoms with E-state index in [9.17, 15) is 9.18 Å². The van der Waals surface area contributed by atoms with E-state index in [2.05, 4.69) is 6.92 Å². The van der Waals surface area contributed by atoms with E-state index in [0.29, 0.717) is 5.56 Å². The lowest BCUT2D eigenvalue weighted by Gasteiger charge is -2.09. The Morgan fingerprint density at radius 1 is 1.14 bits per heavy atom. The first-order valence-corrected chi connectivity index (χ1v) is 7.13. The molecular formula is C18H19FO2. The molecule has 2 nitrogen and oxygen atoms in total. The molecule has 0 aliphatic rings. The Morgan fingerprint density at radius 3 is 2.48 bits per heavy atom.